The standard InChI is InChI=1S/C23H27N5OS/c1-17-8-5-6-12-20(17)28-22(19-11-7-13-24-15-19)26-27-23(28)30-16-21(29)25-14-18-9-3-2-4-10-18/h2-4,7,9-11,13,15,17,20H,5-6,8,12,14,16H2,1H3,(H,25,29)/t17-,20-/m0/s1. The van der Waals surface area contributed by atoms with Crippen LogP contribution >= 0.6 is 11.8 Å². The highest BCUT2D eigenvalue weighted by Crippen LogP contribution is 2.38. The van der Waals surface area contributed by atoms with E-state index in [0.717, 1.165) is 28.5 Å². The van der Waals surface area contributed by atoms with Crippen molar-refractivity contribution in [2.75, 3.05) is 5.75 Å². The van der Waals surface area contributed by atoms with Gasteiger partial charge in [-0.1, -0.05) is 61.9 Å². The van der Waals surface area contributed by atoms with Gasteiger partial charge in [-0.15, -0.1) is 10.2 Å². The molecule has 4 rings (SSSR count). The van der Waals surface area contributed by atoms with Gasteiger partial charge in [0.05, 0.1) is 5.75 Å². The molecule has 2 aromatic heterocycles. The Morgan fingerprint density at radius 1 is 1.13 bits per heavy atom. The highest BCUT2D eigenvalue weighted by Gasteiger charge is 2.28. The molecule has 0 bridgehead atoms. The molecule has 1 amide bonds. The molecule has 1 N–H and O–H groups in total. The predicted octanol–water partition coefficient (Wildman–Crippen LogP) is 4.50. The summed E-state index contributed by atoms with van der Waals surface area (Å²) in [5.74, 6) is 1.71. The zero-order valence-electron chi connectivity index (χ0n) is 17.2. The molecule has 2 atom stereocenters. The average molecular weight is 422 g/mol. The molecule has 7 heteroatoms. The predicted molar refractivity (Wildman–Crippen MR) is 119 cm³/mol. The van der Waals surface area contributed by atoms with E-state index in [9.17, 15) is 4.79 Å². The van der Waals surface area contributed by atoms with Gasteiger partial charge >= 0.3 is 0 Å². The van der Waals surface area contributed by atoms with E-state index >= 15 is 0 Å². The maximum atomic E-state index is 12.4. The third kappa shape index (κ3) is 4.90. The lowest BCUT2D eigenvalue weighted by molar-refractivity contribution is -0.118. The maximum absolute atomic E-state index is 12.4. The quantitative estimate of drug-likeness (QED) is 0.569. The van der Waals surface area contributed by atoms with Gasteiger partial charge in [0.15, 0.2) is 11.0 Å². The van der Waals surface area contributed by atoms with E-state index in [0.29, 0.717) is 24.3 Å². The van der Waals surface area contributed by atoms with E-state index in [4.69, 9.17) is 0 Å². The lowest BCUT2D eigenvalue weighted by Gasteiger charge is -2.31. The first kappa shape index (κ1) is 20.6. The SMILES string of the molecule is C[C@H]1CCCC[C@@H]1n1c(SCC(=O)NCc2ccccc2)nnc1-c1cccnc1. The minimum absolute atomic E-state index is 0.00183. The third-order valence-electron chi connectivity index (χ3n) is 5.65. The minimum atomic E-state index is -0.00183. The van der Waals surface area contributed by atoms with Gasteiger partial charge < -0.3 is 5.32 Å². The van der Waals surface area contributed by atoms with Crippen molar-refractivity contribution in [2.45, 2.75) is 50.4 Å². The summed E-state index contributed by atoms with van der Waals surface area (Å²) in [6.07, 6.45) is 8.39. The zero-order chi connectivity index (χ0) is 20.8. The van der Waals surface area contributed by atoms with Gasteiger partial charge in [0.25, 0.3) is 0 Å². The Kier molecular flexibility index (Phi) is 6.79. The van der Waals surface area contributed by atoms with Crippen LogP contribution in [0.25, 0.3) is 11.4 Å². The summed E-state index contributed by atoms with van der Waals surface area (Å²) < 4.78 is 2.25. The van der Waals surface area contributed by atoms with Crippen LogP contribution in [0.3, 0.4) is 0 Å². The van der Waals surface area contributed by atoms with Crippen molar-refractivity contribution in [1.29, 1.82) is 0 Å². The molecule has 156 valence electrons. The van der Waals surface area contributed by atoms with Gasteiger partial charge in [-0.2, -0.15) is 0 Å². The molecule has 1 aliphatic carbocycles. The summed E-state index contributed by atoms with van der Waals surface area (Å²) >= 11 is 1.46. The van der Waals surface area contributed by atoms with E-state index in [2.05, 4.69) is 32.0 Å². The van der Waals surface area contributed by atoms with Crippen LogP contribution in [0.1, 0.15) is 44.2 Å². The second-order valence-electron chi connectivity index (χ2n) is 7.80. The minimum Gasteiger partial charge on any atom is -0.351 e. The number of nitrogens with one attached hydrogen (secondary N) is 1. The Morgan fingerprint density at radius 3 is 2.73 bits per heavy atom. The summed E-state index contributed by atoms with van der Waals surface area (Å²) in [7, 11) is 0. The van der Waals surface area contributed by atoms with E-state index < -0.39 is 0 Å². The monoisotopic (exact) mass is 421 g/mol. The molecule has 6 nitrogen and oxygen atoms in total. The molecule has 2 heterocycles. The second-order valence-corrected chi connectivity index (χ2v) is 8.74. The van der Waals surface area contributed by atoms with Crippen LogP contribution in [0.5, 0.6) is 0 Å². The van der Waals surface area contributed by atoms with E-state index in [1.54, 1.807) is 6.20 Å². The number of thioether (sulfide) groups is 1. The summed E-state index contributed by atoms with van der Waals surface area (Å²) in [5.41, 5.74) is 2.05. The summed E-state index contributed by atoms with van der Waals surface area (Å²) in [6.45, 7) is 2.84. The number of rotatable bonds is 7. The molecular formula is C23H27N5OS. The normalized spacial score (nSPS) is 18.8. The van der Waals surface area contributed by atoms with Gasteiger partial charge in [0.1, 0.15) is 0 Å². The van der Waals surface area contributed by atoms with Crippen LogP contribution in [0.2, 0.25) is 0 Å². The summed E-state index contributed by atoms with van der Waals surface area (Å²) in [6, 6.07) is 14.2. The number of aromatic nitrogens is 4. The highest BCUT2D eigenvalue weighted by atomic mass is 32.2. The Hall–Kier alpha value is -2.67. The van der Waals surface area contributed by atoms with Gasteiger partial charge in [0, 0.05) is 30.5 Å². The first-order valence-corrected chi connectivity index (χ1v) is 11.5. The molecule has 0 saturated heterocycles. The fourth-order valence-corrected chi connectivity index (χ4v) is 4.85. The summed E-state index contributed by atoms with van der Waals surface area (Å²) in [5, 5.41) is 12.7. The molecule has 30 heavy (non-hydrogen) atoms. The van der Waals surface area contributed by atoms with Crippen LogP contribution < -0.4 is 5.32 Å². The van der Waals surface area contributed by atoms with Crippen molar-refractivity contribution >= 4 is 17.7 Å². The van der Waals surface area contributed by atoms with Crippen LogP contribution in [0.4, 0.5) is 0 Å². The first-order valence-electron chi connectivity index (χ1n) is 10.5. The summed E-state index contributed by atoms with van der Waals surface area (Å²) in [4.78, 5) is 16.7. The molecule has 1 saturated carbocycles. The van der Waals surface area contributed by atoms with Gasteiger partial charge in [-0.3, -0.25) is 14.3 Å². The average Bonchev–Trinajstić information content (AvgIpc) is 3.21. The van der Waals surface area contributed by atoms with Crippen molar-refractivity contribution in [3.8, 4) is 11.4 Å². The first-order chi connectivity index (χ1) is 14.7. The van der Waals surface area contributed by atoms with Crippen molar-refractivity contribution in [3.63, 3.8) is 0 Å². The number of carbonyl (C=O) groups is 1. The van der Waals surface area contributed by atoms with Crippen LogP contribution in [-0.4, -0.2) is 31.4 Å². The molecular weight excluding hydrogens is 394 g/mol. The lowest BCUT2D eigenvalue weighted by atomic mass is 9.85. The number of hydrogen-bond donors (Lipinski definition) is 1. The second kappa shape index (κ2) is 9.89. The van der Waals surface area contributed by atoms with Crippen LogP contribution in [0.15, 0.2) is 60.0 Å². The number of hydrogen-bond acceptors (Lipinski definition) is 5. The molecule has 1 fully saturated rings. The Labute approximate surface area is 181 Å². The van der Waals surface area contributed by atoms with Crippen molar-refractivity contribution in [1.82, 2.24) is 25.1 Å². The molecule has 0 radical (unpaired) electrons. The smallest absolute Gasteiger partial charge is 0.230 e. The van der Waals surface area contributed by atoms with Crippen molar-refractivity contribution in [3.05, 3.63) is 60.4 Å². The fraction of sp³-hybridized carbons (Fsp3) is 0.391. The largest absolute Gasteiger partial charge is 0.351 e. The molecule has 1 aliphatic rings. The molecule has 1 aromatic carbocycles. The van der Waals surface area contributed by atoms with Crippen LogP contribution in [0, 0.1) is 5.92 Å². The topological polar surface area (TPSA) is 72.7 Å². The molecule has 3 aromatic rings. The number of nitrogens with zero attached hydrogens (tertiary/aromatic N) is 4. The Balaban J connectivity index is 1.49. The van der Waals surface area contributed by atoms with Gasteiger partial charge in [-0.05, 0) is 36.5 Å². The van der Waals surface area contributed by atoms with E-state index in [-0.39, 0.29) is 5.91 Å². The van der Waals surface area contributed by atoms with Gasteiger partial charge in [0.2, 0.25) is 5.91 Å². The number of carbonyl (C=O) groups excluding carboxylic acids is 1. The van der Waals surface area contributed by atoms with Crippen molar-refractivity contribution < 1.29 is 4.79 Å². The number of benzene rings is 1. The maximum Gasteiger partial charge on any atom is 0.230 e. The number of amides is 1. The third-order valence-corrected chi connectivity index (χ3v) is 6.59. The Morgan fingerprint density at radius 2 is 1.97 bits per heavy atom. The lowest BCUT2D eigenvalue weighted by Crippen LogP contribution is -2.25. The number of pyridine rings is 1. The van der Waals surface area contributed by atoms with E-state index in [1.807, 2.05) is 48.7 Å². The Bertz CT molecular complexity index is 960. The molecule has 0 aliphatic heterocycles. The highest BCUT2D eigenvalue weighted by molar-refractivity contribution is 7.99. The molecule has 0 unspecified atom stereocenters. The molecule has 0 spiro atoms. The van der Waals surface area contributed by atoms with Crippen molar-refractivity contribution in [2.24, 2.45) is 5.92 Å². The van der Waals surface area contributed by atoms with Gasteiger partial charge in [-0.25, -0.2) is 0 Å². The zero-order valence-corrected chi connectivity index (χ0v) is 18.0. The fourth-order valence-electron chi connectivity index (χ4n) is 4.02. The van der Waals surface area contributed by atoms with Crippen LogP contribution in [-0.2, 0) is 11.3 Å². The van der Waals surface area contributed by atoms with E-state index in [1.165, 1.54) is 31.0 Å².